The van der Waals surface area contributed by atoms with Crippen molar-refractivity contribution in [2.45, 2.75) is 31.6 Å². The van der Waals surface area contributed by atoms with Gasteiger partial charge in [0.25, 0.3) is 5.91 Å². The molecule has 1 fully saturated rings. The SMILES string of the molecule is CCOc1cncc(-c2cnc(C(=O)NCc3nccc(NS(=O)(=O)C4CC4)c3F)s2)n1. The molecule has 0 bridgehead atoms. The fourth-order valence-electron chi connectivity index (χ4n) is 2.73. The summed E-state index contributed by atoms with van der Waals surface area (Å²) in [5.74, 6) is -0.997. The molecule has 0 atom stereocenters. The van der Waals surface area contributed by atoms with Crippen LogP contribution in [0.25, 0.3) is 10.6 Å². The van der Waals surface area contributed by atoms with Crippen molar-refractivity contribution in [3.05, 3.63) is 47.4 Å². The second-order valence-electron chi connectivity index (χ2n) is 6.85. The van der Waals surface area contributed by atoms with Crippen LogP contribution < -0.4 is 14.8 Å². The molecule has 10 nitrogen and oxygen atoms in total. The number of carbonyl (C=O) groups excluding carboxylic acids is 1. The molecule has 0 unspecified atom stereocenters. The van der Waals surface area contributed by atoms with Gasteiger partial charge >= 0.3 is 0 Å². The van der Waals surface area contributed by atoms with Crippen molar-refractivity contribution >= 4 is 33.0 Å². The zero-order valence-electron chi connectivity index (χ0n) is 16.9. The molecule has 3 aromatic heterocycles. The van der Waals surface area contributed by atoms with Gasteiger partial charge in [-0.15, -0.1) is 11.3 Å². The lowest BCUT2D eigenvalue weighted by Crippen LogP contribution is -2.24. The molecule has 1 amide bonds. The second kappa shape index (κ2) is 9.12. The van der Waals surface area contributed by atoms with E-state index in [9.17, 15) is 17.6 Å². The van der Waals surface area contributed by atoms with Crippen LogP contribution >= 0.6 is 11.3 Å². The number of nitrogens with one attached hydrogen (secondary N) is 2. The molecule has 1 aliphatic carbocycles. The van der Waals surface area contributed by atoms with Crippen LogP contribution in [0.4, 0.5) is 10.1 Å². The summed E-state index contributed by atoms with van der Waals surface area (Å²) in [4.78, 5) is 29.4. The van der Waals surface area contributed by atoms with E-state index in [2.05, 4.69) is 30.0 Å². The van der Waals surface area contributed by atoms with Crippen LogP contribution in [0.5, 0.6) is 5.88 Å². The van der Waals surface area contributed by atoms with Gasteiger partial charge in [0.15, 0.2) is 10.8 Å². The van der Waals surface area contributed by atoms with Crippen molar-refractivity contribution in [2.75, 3.05) is 11.3 Å². The van der Waals surface area contributed by atoms with Gasteiger partial charge in [-0.2, -0.15) is 0 Å². The van der Waals surface area contributed by atoms with Gasteiger partial charge in [-0.3, -0.25) is 19.5 Å². The predicted molar refractivity (Wildman–Crippen MR) is 115 cm³/mol. The molecule has 1 aliphatic rings. The third-order valence-corrected chi connectivity index (χ3v) is 7.32. The predicted octanol–water partition coefficient (Wildman–Crippen LogP) is 2.37. The van der Waals surface area contributed by atoms with E-state index in [4.69, 9.17) is 4.74 Å². The Morgan fingerprint density at radius 3 is 2.84 bits per heavy atom. The first-order chi connectivity index (χ1) is 15.4. The molecular formula is C19H19FN6O4S2. The zero-order valence-corrected chi connectivity index (χ0v) is 18.5. The Hall–Kier alpha value is -3.19. The summed E-state index contributed by atoms with van der Waals surface area (Å²) in [6.07, 6.45) is 6.91. The standard InChI is InChI=1S/C19H19FN6O4S2/c1-2-30-16-10-21-7-13(25-16)15-9-24-19(31-15)18(27)23-8-14-17(20)12(5-6-22-14)26-32(28,29)11-3-4-11/h5-7,9-11H,2-4,8H2,1H3,(H,22,26)(H,23,27). The maximum atomic E-state index is 14.7. The molecule has 0 radical (unpaired) electrons. The number of rotatable bonds is 9. The highest BCUT2D eigenvalue weighted by molar-refractivity contribution is 7.93. The number of anilines is 1. The smallest absolute Gasteiger partial charge is 0.280 e. The lowest BCUT2D eigenvalue weighted by atomic mass is 10.3. The van der Waals surface area contributed by atoms with Gasteiger partial charge in [0, 0.05) is 12.4 Å². The van der Waals surface area contributed by atoms with Gasteiger partial charge in [-0.25, -0.2) is 22.8 Å². The molecule has 1 saturated carbocycles. The van der Waals surface area contributed by atoms with E-state index < -0.39 is 27.0 Å². The molecule has 13 heteroatoms. The molecule has 4 rings (SSSR count). The van der Waals surface area contributed by atoms with Crippen molar-refractivity contribution in [3.63, 3.8) is 0 Å². The topological polar surface area (TPSA) is 136 Å². The van der Waals surface area contributed by atoms with Crippen molar-refractivity contribution in [3.8, 4) is 16.5 Å². The van der Waals surface area contributed by atoms with Crippen LogP contribution in [0, 0.1) is 5.82 Å². The fourth-order valence-corrected chi connectivity index (χ4v) is 4.90. The summed E-state index contributed by atoms with van der Waals surface area (Å²) in [5.41, 5.74) is 0.220. The highest BCUT2D eigenvalue weighted by atomic mass is 32.2. The summed E-state index contributed by atoms with van der Waals surface area (Å²) in [5, 5.41) is 2.20. The van der Waals surface area contributed by atoms with Crippen LogP contribution in [0.15, 0.2) is 30.9 Å². The number of hydrogen-bond donors (Lipinski definition) is 2. The van der Waals surface area contributed by atoms with Crippen LogP contribution in [0.1, 0.15) is 35.3 Å². The summed E-state index contributed by atoms with van der Waals surface area (Å²) in [6, 6.07) is 1.24. The van der Waals surface area contributed by atoms with Crippen LogP contribution in [0.3, 0.4) is 0 Å². The van der Waals surface area contributed by atoms with Crippen LogP contribution in [-0.4, -0.2) is 46.1 Å². The maximum Gasteiger partial charge on any atom is 0.280 e. The average molecular weight is 479 g/mol. The van der Waals surface area contributed by atoms with E-state index in [1.807, 2.05) is 6.92 Å². The summed E-state index contributed by atoms with van der Waals surface area (Å²) in [6.45, 7) is 2.04. The molecular weight excluding hydrogens is 459 g/mol. The summed E-state index contributed by atoms with van der Waals surface area (Å²) >= 11 is 1.09. The first kappa shape index (κ1) is 22.0. The van der Waals surface area contributed by atoms with E-state index >= 15 is 0 Å². The number of ether oxygens (including phenoxy) is 1. The van der Waals surface area contributed by atoms with Gasteiger partial charge in [-0.05, 0) is 25.8 Å². The Labute approximate surface area is 187 Å². The molecule has 2 N–H and O–H groups in total. The van der Waals surface area contributed by atoms with Gasteiger partial charge in [0.05, 0.1) is 47.1 Å². The average Bonchev–Trinajstić information content (AvgIpc) is 3.53. The second-order valence-corrected chi connectivity index (χ2v) is 9.84. The van der Waals surface area contributed by atoms with E-state index in [-0.39, 0.29) is 22.9 Å². The van der Waals surface area contributed by atoms with Gasteiger partial charge in [0.2, 0.25) is 15.9 Å². The Morgan fingerprint density at radius 1 is 1.28 bits per heavy atom. The molecule has 0 spiro atoms. The van der Waals surface area contributed by atoms with E-state index in [0.717, 1.165) is 11.3 Å². The maximum absolute atomic E-state index is 14.7. The van der Waals surface area contributed by atoms with Gasteiger partial charge in [-0.1, -0.05) is 0 Å². The third-order valence-electron chi connectivity index (χ3n) is 4.45. The summed E-state index contributed by atoms with van der Waals surface area (Å²) < 4.78 is 46.4. The Balaban J connectivity index is 1.42. The number of carbonyl (C=O) groups is 1. The Morgan fingerprint density at radius 2 is 2.09 bits per heavy atom. The number of nitrogens with zero attached hydrogens (tertiary/aromatic N) is 4. The van der Waals surface area contributed by atoms with Crippen molar-refractivity contribution in [1.29, 1.82) is 0 Å². The Bertz CT molecular complexity index is 1250. The lowest BCUT2D eigenvalue weighted by Gasteiger charge is -2.10. The molecule has 0 aliphatic heterocycles. The van der Waals surface area contributed by atoms with Crippen LogP contribution in [-0.2, 0) is 16.6 Å². The summed E-state index contributed by atoms with van der Waals surface area (Å²) in [7, 11) is -3.62. The Kier molecular flexibility index (Phi) is 6.28. The van der Waals surface area contributed by atoms with Crippen molar-refractivity contribution in [1.82, 2.24) is 25.3 Å². The number of amides is 1. The quantitative estimate of drug-likeness (QED) is 0.478. The molecule has 0 aromatic carbocycles. The minimum atomic E-state index is -3.62. The number of thiazole rings is 1. The fraction of sp³-hybridized carbons (Fsp3) is 0.316. The zero-order chi connectivity index (χ0) is 22.7. The van der Waals surface area contributed by atoms with Crippen LogP contribution in [0.2, 0.25) is 0 Å². The highest BCUT2D eigenvalue weighted by Gasteiger charge is 2.36. The van der Waals surface area contributed by atoms with E-state index in [0.29, 0.717) is 35.9 Å². The number of pyridine rings is 1. The number of hydrogen-bond acceptors (Lipinski definition) is 9. The first-order valence-electron chi connectivity index (χ1n) is 9.71. The van der Waals surface area contributed by atoms with E-state index in [1.54, 1.807) is 0 Å². The number of sulfonamides is 1. The van der Waals surface area contributed by atoms with Crippen molar-refractivity contribution < 1.29 is 22.3 Å². The number of aromatic nitrogens is 4. The third kappa shape index (κ3) is 4.99. The largest absolute Gasteiger partial charge is 0.477 e. The van der Waals surface area contributed by atoms with Crippen molar-refractivity contribution in [2.24, 2.45) is 0 Å². The molecule has 168 valence electrons. The molecule has 3 aromatic rings. The minimum absolute atomic E-state index is 0.0959. The monoisotopic (exact) mass is 478 g/mol. The minimum Gasteiger partial charge on any atom is -0.477 e. The lowest BCUT2D eigenvalue weighted by molar-refractivity contribution is 0.0949. The highest BCUT2D eigenvalue weighted by Crippen LogP contribution is 2.30. The van der Waals surface area contributed by atoms with Gasteiger partial charge in [0.1, 0.15) is 5.69 Å². The molecule has 32 heavy (non-hydrogen) atoms. The normalized spacial score (nSPS) is 13.6. The van der Waals surface area contributed by atoms with Gasteiger partial charge < -0.3 is 10.1 Å². The number of halogens is 1. The molecule has 3 heterocycles. The van der Waals surface area contributed by atoms with E-state index in [1.165, 1.54) is 30.9 Å². The first-order valence-corrected chi connectivity index (χ1v) is 12.1. The molecule has 0 saturated heterocycles.